The lowest BCUT2D eigenvalue weighted by Gasteiger charge is -2.34. The van der Waals surface area contributed by atoms with Crippen LogP contribution in [0.15, 0.2) is 35.8 Å². The molecule has 23 heavy (non-hydrogen) atoms. The Bertz CT molecular complexity index is 806. The highest BCUT2D eigenvalue weighted by molar-refractivity contribution is 7.09. The Balaban J connectivity index is 1.40. The molecule has 4 rings (SSSR count). The van der Waals surface area contributed by atoms with Gasteiger partial charge in [-0.15, -0.1) is 16.4 Å². The Kier molecular flexibility index (Phi) is 3.76. The lowest BCUT2D eigenvalue weighted by molar-refractivity contribution is 0.0629. The Morgan fingerprint density at radius 1 is 1.17 bits per heavy atom. The van der Waals surface area contributed by atoms with E-state index in [2.05, 4.69) is 37.9 Å². The molecule has 1 aliphatic rings. The zero-order valence-corrected chi connectivity index (χ0v) is 13.3. The number of nitrogens with zero attached hydrogens (tertiary/aromatic N) is 6. The molecule has 1 aliphatic heterocycles. The molecule has 0 aromatic carbocycles. The van der Waals surface area contributed by atoms with E-state index in [4.69, 9.17) is 0 Å². The SMILES string of the molecule is O=C(c1ccc2nnnn2c1)N1CCN(Cc2cccs2)CC1. The fourth-order valence-electron chi connectivity index (χ4n) is 2.78. The molecule has 1 amide bonds. The van der Waals surface area contributed by atoms with Crippen molar-refractivity contribution in [3.8, 4) is 0 Å². The summed E-state index contributed by atoms with van der Waals surface area (Å²) >= 11 is 1.78. The summed E-state index contributed by atoms with van der Waals surface area (Å²) in [5, 5.41) is 13.4. The first-order valence-electron chi connectivity index (χ1n) is 7.51. The molecular formula is C15H16N6OS. The third-order valence-electron chi connectivity index (χ3n) is 4.06. The standard InChI is InChI=1S/C15H16N6OS/c22-15(12-3-4-14-16-17-18-21(14)10-12)20-7-5-19(6-8-20)11-13-2-1-9-23-13/h1-4,9-10H,5-8,11H2. The lowest BCUT2D eigenvalue weighted by Crippen LogP contribution is -2.48. The average molecular weight is 328 g/mol. The molecule has 0 unspecified atom stereocenters. The zero-order chi connectivity index (χ0) is 15.6. The molecule has 0 aliphatic carbocycles. The molecule has 1 fully saturated rings. The number of carbonyl (C=O) groups excluding carboxylic acids is 1. The van der Waals surface area contributed by atoms with Gasteiger partial charge >= 0.3 is 0 Å². The molecule has 8 heteroatoms. The van der Waals surface area contributed by atoms with Gasteiger partial charge in [0.15, 0.2) is 5.65 Å². The Labute approximate surface area is 137 Å². The summed E-state index contributed by atoms with van der Waals surface area (Å²) in [7, 11) is 0. The van der Waals surface area contributed by atoms with Crippen molar-refractivity contribution < 1.29 is 4.79 Å². The first-order valence-corrected chi connectivity index (χ1v) is 8.39. The smallest absolute Gasteiger partial charge is 0.255 e. The zero-order valence-electron chi connectivity index (χ0n) is 12.5. The number of fused-ring (bicyclic) bond motifs is 1. The van der Waals surface area contributed by atoms with Gasteiger partial charge in [0, 0.05) is 43.8 Å². The molecule has 118 valence electrons. The van der Waals surface area contributed by atoms with Crippen LogP contribution in [0.2, 0.25) is 0 Å². The molecular weight excluding hydrogens is 312 g/mol. The fraction of sp³-hybridized carbons (Fsp3) is 0.333. The van der Waals surface area contributed by atoms with Crippen LogP contribution in [-0.4, -0.2) is 61.9 Å². The maximum absolute atomic E-state index is 12.6. The number of piperazine rings is 1. The van der Waals surface area contributed by atoms with E-state index in [1.54, 1.807) is 29.7 Å². The average Bonchev–Trinajstić information content (AvgIpc) is 3.25. The van der Waals surface area contributed by atoms with Crippen LogP contribution in [0, 0.1) is 0 Å². The Morgan fingerprint density at radius 3 is 2.83 bits per heavy atom. The summed E-state index contributed by atoms with van der Waals surface area (Å²) in [6.45, 7) is 4.26. The molecule has 7 nitrogen and oxygen atoms in total. The maximum atomic E-state index is 12.6. The third-order valence-corrected chi connectivity index (χ3v) is 4.92. The molecule has 0 bridgehead atoms. The molecule has 1 saturated heterocycles. The van der Waals surface area contributed by atoms with Crippen LogP contribution in [0.1, 0.15) is 15.2 Å². The van der Waals surface area contributed by atoms with Gasteiger partial charge in [-0.2, -0.15) is 4.52 Å². The van der Waals surface area contributed by atoms with Gasteiger partial charge in [0.2, 0.25) is 0 Å². The van der Waals surface area contributed by atoms with Gasteiger partial charge in [0.25, 0.3) is 5.91 Å². The predicted molar refractivity (Wildman–Crippen MR) is 86.3 cm³/mol. The summed E-state index contributed by atoms with van der Waals surface area (Å²) < 4.78 is 1.53. The van der Waals surface area contributed by atoms with Crippen LogP contribution in [0.4, 0.5) is 0 Å². The number of rotatable bonds is 3. The highest BCUT2D eigenvalue weighted by Crippen LogP contribution is 2.15. The van der Waals surface area contributed by atoms with Crippen LogP contribution in [0.3, 0.4) is 0 Å². The topological polar surface area (TPSA) is 66.6 Å². The van der Waals surface area contributed by atoms with Crippen molar-refractivity contribution in [2.75, 3.05) is 26.2 Å². The van der Waals surface area contributed by atoms with Gasteiger partial charge in [0.05, 0.1) is 5.56 Å². The second-order valence-electron chi connectivity index (χ2n) is 5.55. The quantitative estimate of drug-likeness (QED) is 0.721. The normalized spacial score (nSPS) is 16.1. The second-order valence-corrected chi connectivity index (χ2v) is 6.58. The number of pyridine rings is 1. The summed E-state index contributed by atoms with van der Waals surface area (Å²) in [5.74, 6) is 0.0400. The third kappa shape index (κ3) is 2.95. The number of aromatic nitrogens is 4. The van der Waals surface area contributed by atoms with E-state index in [9.17, 15) is 4.79 Å². The number of hydrogen-bond donors (Lipinski definition) is 0. The second kappa shape index (κ2) is 6.05. The lowest BCUT2D eigenvalue weighted by atomic mass is 10.2. The molecule has 3 aromatic rings. The first kappa shape index (κ1) is 14.3. The molecule has 0 saturated carbocycles. The van der Waals surface area contributed by atoms with Crippen LogP contribution >= 0.6 is 11.3 Å². The van der Waals surface area contributed by atoms with Gasteiger partial charge in [-0.3, -0.25) is 9.69 Å². The van der Waals surface area contributed by atoms with Gasteiger partial charge in [0.1, 0.15) is 0 Å². The van der Waals surface area contributed by atoms with Crippen LogP contribution in [-0.2, 0) is 6.54 Å². The van der Waals surface area contributed by atoms with Crippen LogP contribution < -0.4 is 0 Å². The van der Waals surface area contributed by atoms with E-state index in [0.29, 0.717) is 11.2 Å². The van der Waals surface area contributed by atoms with Crippen molar-refractivity contribution in [2.24, 2.45) is 0 Å². The van der Waals surface area contributed by atoms with Crippen molar-refractivity contribution in [2.45, 2.75) is 6.54 Å². The van der Waals surface area contributed by atoms with Gasteiger partial charge in [-0.25, -0.2) is 0 Å². The summed E-state index contributed by atoms with van der Waals surface area (Å²) in [5.41, 5.74) is 1.26. The minimum atomic E-state index is 0.0400. The summed E-state index contributed by atoms with van der Waals surface area (Å²) in [6.07, 6.45) is 1.69. The van der Waals surface area contributed by atoms with Gasteiger partial charge in [-0.05, 0) is 34.0 Å². The number of thiophene rings is 1. The summed E-state index contributed by atoms with van der Waals surface area (Å²) in [6, 6.07) is 7.78. The molecule has 3 aromatic heterocycles. The fourth-order valence-corrected chi connectivity index (χ4v) is 3.53. The highest BCUT2D eigenvalue weighted by atomic mass is 32.1. The van der Waals surface area contributed by atoms with Crippen molar-refractivity contribution in [3.63, 3.8) is 0 Å². The van der Waals surface area contributed by atoms with Gasteiger partial charge in [-0.1, -0.05) is 6.07 Å². The molecule has 0 radical (unpaired) electrons. The number of tetrazole rings is 1. The molecule has 4 heterocycles. The number of carbonyl (C=O) groups is 1. The van der Waals surface area contributed by atoms with E-state index >= 15 is 0 Å². The molecule has 0 atom stereocenters. The van der Waals surface area contributed by atoms with Crippen LogP contribution in [0.5, 0.6) is 0 Å². The van der Waals surface area contributed by atoms with E-state index in [1.807, 2.05) is 4.90 Å². The van der Waals surface area contributed by atoms with Crippen molar-refractivity contribution in [1.82, 2.24) is 29.8 Å². The largest absolute Gasteiger partial charge is 0.336 e. The maximum Gasteiger partial charge on any atom is 0.255 e. The number of amides is 1. The Hall–Kier alpha value is -2.32. The summed E-state index contributed by atoms with van der Waals surface area (Å²) in [4.78, 5) is 18.3. The van der Waals surface area contributed by atoms with Crippen molar-refractivity contribution in [3.05, 3.63) is 46.3 Å². The minimum absolute atomic E-state index is 0.0400. The van der Waals surface area contributed by atoms with E-state index < -0.39 is 0 Å². The monoisotopic (exact) mass is 328 g/mol. The van der Waals surface area contributed by atoms with Crippen molar-refractivity contribution >= 4 is 22.9 Å². The first-order chi connectivity index (χ1) is 11.3. The Morgan fingerprint density at radius 2 is 2.04 bits per heavy atom. The van der Waals surface area contributed by atoms with E-state index in [0.717, 1.165) is 32.7 Å². The minimum Gasteiger partial charge on any atom is -0.336 e. The molecule has 0 N–H and O–H groups in total. The van der Waals surface area contributed by atoms with E-state index in [1.165, 1.54) is 9.39 Å². The molecule has 0 spiro atoms. The van der Waals surface area contributed by atoms with Crippen molar-refractivity contribution in [1.29, 1.82) is 0 Å². The van der Waals surface area contributed by atoms with Gasteiger partial charge < -0.3 is 4.90 Å². The predicted octanol–water partition coefficient (Wildman–Crippen LogP) is 1.14. The highest BCUT2D eigenvalue weighted by Gasteiger charge is 2.22. The van der Waals surface area contributed by atoms with E-state index in [-0.39, 0.29) is 5.91 Å². The van der Waals surface area contributed by atoms with Crippen LogP contribution in [0.25, 0.3) is 5.65 Å². The number of hydrogen-bond acceptors (Lipinski definition) is 6.